The summed E-state index contributed by atoms with van der Waals surface area (Å²) >= 11 is 0. The molecule has 0 aromatic rings. The van der Waals surface area contributed by atoms with Gasteiger partial charge in [-0.05, 0) is 32.6 Å². The number of nitrogens with one attached hydrogen (secondary N) is 2. The summed E-state index contributed by atoms with van der Waals surface area (Å²) in [5, 5.41) is 14.1. The maximum atomic E-state index is 11.5. The highest BCUT2D eigenvalue weighted by molar-refractivity contribution is 5.76. The molecule has 1 aliphatic carbocycles. The minimum atomic E-state index is -0.901. The molecule has 1 aliphatic rings. The first-order valence-corrected chi connectivity index (χ1v) is 5.61. The van der Waals surface area contributed by atoms with Crippen molar-refractivity contribution in [2.24, 2.45) is 11.8 Å². The topological polar surface area (TPSA) is 78.4 Å². The molecule has 1 atom stereocenters. The number of urea groups is 1. The summed E-state index contributed by atoms with van der Waals surface area (Å²) in [6, 6.07) is -0.287. The van der Waals surface area contributed by atoms with Crippen LogP contribution in [0.1, 0.15) is 33.6 Å². The first-order chi connectivity index (χ1) is 7.33. The Morgan fingerprint density at radius 3 is 2.44 bits per heavy atom. The van der Waals surface area contributed by atoms with Gasteiger partial charge >= 0.3 is 12.0 Å². The molecule has 0 aliphatic heterocycles. The molecule has 0 saturated heterocycles. The lowest BCUT2D eigenvalue weighted by atomic mass is 9.99. The Morgan fingerprint density at radius 1 is 1.44 bits per heavy atom. The Bertz CT molecular complexity index is 285. The number of hydrogen-bond acceptors (Lipinski definition) is 2. The summed E-state index contributed by atoms with van der Waals surface area (Å²) in [4.78, 5) is 22.0. The molecule has 92 valence electrons. The molecule has 0 aromatic heterocycles. The van der Waals surface area contributed by atoms with Crippen molar-refractivity contribution in [1.82, 2.24) is 10.6 Å². The molecule has 1 unspecified atom stereocenters. The van der Waals surface area contributed by atoms with Gasteiger partial charge in [-0.25, -0.2) is 4.79 Å². The smallest absolute Gasteiger partial charge is 0.315 e. The highest BCUT2D eigenvalue weighted by Crippen LogP contribution is 2.39. The number of carbonyl (C=O) groups is 2. The molecule has 1 saturated carbocycles. The Hall–Kier alpha value is -1.26. The molecule has 1 rings (SSSR count). The van der Waals surface area contributed by atoms with Crippen molar-refractivity contribution in [3.05, 3.63) is 0 Å². The van der Waals surface area contributed by atoms with Gasteiger partial charge in [-0.15, -0.1) is 0 Å². The van der Waals surface area contributed by atoms with Gasteiger partial charge in [0.2, 0.25) is 0 Å². The van der Waals surface area contributed by atoms with E-state index in [1.54, 1.807) is 6.92 Å². The molecular formula is C11H20N2O3. The van der Waals surface area contributed by atoms with Crippen molar-refractivity contribution in [3.8, 4) is 0 Å². The van der Waals surface area contributed by atoms with Gasteiger partial charge in [-0.3, -0.25) is 4.79 Å². The number of carboxylic acid groups (broad SMARTS) is 1. The second-order valence-corrected chi connectivity index (χ2v) is 5.07. The largest absolute Gasteiger partial charge is 0.481 e. The van der Waals surface area contributed by atoms with Crippen LogP contribution in [-0.4, -0.2) is 29.2 Å². The number of aliphatic carboxylic acids is 1. The lowest BCUT2D eigenvalue weighted by molar-refractivity contribution is -0.140. The van der Waals surface area contributed by atoms with E-state index in [1.165, 1.54) is 0 Å². The molecule has 2 amide bonds. The average molecular weight is 228 g/mol. The monoisotopic (exact) mass is 228 g/mol. The fraction of sp³-hybridized carbons (Fsp3) is 0.818. The molecule has 0 spiro atoms. The molecule has 0 radical (unpaired) electrons. The van der Waals surface area contributed by atoms with Crippen LogP contribution in [0.15, 0.2) is 0 Å². The Kier molecular flexibility index (Phi) is 3.78. The fourth-order valence-corrected chi connectivity index (χ4v) is 1.58. The molecular weight excluding hydrogens is 208 g/mol. The van der Waals surface area contributed by atoms with Gasteiger partial charge < -0.3 is 15.7 Å². The lowest BCUT2D eigenvalue weighted by Gasteiger charge is -2.26. The second kappa shape index (κ2) is 4.72. The summed E-state index contributed by atoms with van der Waals surface area (Å²) in [6.07, 6.45) is 2.30. The third-order valence-corrected chi connectivity index (χ3v) is 3.02. The fourth-order valence-electron chi connectivity index (χ4n) is 1.58. The van der Waals surface area contributed by atoms with Gasteiger partial charge in [-0.1, -0.05) is 6.92 Å². The van der Waals surface area contributed by atoms with E-state index in [-0.39, 0.29) is 18.1 Å². The first kappa shape index (κ1) is 12.8. The SMILES string of the molecule is CC(CNC(=O)NC(C)(C)C1CC1)C(=O)O. The van der Waals surface area contributed by atoms with E-state index >= 15 is 0 Å². The molecule has 0 aromatic carbocycles. The highest BCUT2D eigenvalue weighted by Gasteiger charge is 2.38. The normalized spacial score (nSPS) is 17.7. The van der Waals surface area contributed by atoms with Crippen LogP contribution in [0.25, 0.3) is 0 Å². The van der Waals surface area contributed by atoms with Gasteiger partial charge in [0.05, 0.1) is 5.92 Å². The number of amides is 2. The van der Waals surface area contributed by atoms with E-state index in [4.69, 9.17) is 5.11 Å². The second-order valence-electron chi connectivity index (χ2n) is 5.07. The quantitative estimate of drug-likeness (QED) is 0.661. The molecule has 16 heavy (non-hydrogen) atoms. The van der Waals surface area contributed by atoms with Gasteiger partial charge in [0.25, 0.3) is 0 Å². The van der Waals surface area contributed by atoms with Crippen LogP contribution in [0.3, 0.4) is 0 Å². The van der Waals surface area contributed by atoms with Crippen molar-refractivity contribution in [2.45, 2.75) is 39.2 Å². The van der Waals surface area contributed by atoms with E-state index in [9.17, 15) is 9.59 Å². The summed E-state index contributed by atoms with van der Waals surface area (Å²) in [5.74, 6) is -0.910. The molecule has 0 heterocycles. The van der Waals surface area contributed by atoms with Crippen molar-refractivity contribution in [2.75, 3.05) is 6.54 Å². The van der Waals surface area contributed by atoms with Crippen LogP contribution in [-0.2, 0) is 4.79 Å². The number of carbonyl (C=O) groups excluding carboxylic acids is 1. The summed E-state index contributed by atoms with van der Waals surface area (Å²) in [5.41, 5.74) is -0.198. The van der Waals surface area contributed by atoms with Crippen LogP contribution in [0.4, 0.5) is 4.79 Å². The van der Waals surface area contributed by atoms with E-state index in [0.717, 1.165) is 12.8 Å². The number of hydrogen-bond donors (Lipinski definition) is 3. The first-order valence-electron chi connectivity index (χ1n) is 5.61. The van der Waals surface area contributed by atoms with Crippen molar-refractivity contribution >= 4 is 12.0 Å². The van der Waals surface area contributed by atoms with E-state index in [1.807, 2.05) is 13.8 Å². The minimum Gasteiger partial charge on any atom is -0.481 e. The van der Waals surface area contributed by atoms with Crippen molar-refractivity contribution < 1.29 is 14.7 Å². The third-order valence-electron chi connectivity index (χ3n) is 3.02. The molecule has 0 bridgehead atoms. The van der Waals surface area contributed by atoms with Crippen LogP contribution >= 0.6 is 0 Å². The molecule has 1 fully saturated rings. The summed E-state index contributed by atoms with van der Waals surface area (Å²) < 4.78 is 0. The summed E-state index contributed by atoms with van der Waals surface area (Å²) in [6.45, 7) is 5.70. The van der Waals surface area contributed by atoms with Crippen LogP contribution in [0.2, 0.25) is 0 Å². The van der Waals surface area contributed by atoms with Crippen LogP contribution < -0.4 is 10.6 Å². The zero-order chi connectivity index (χ0) is 12.3. The standard InChI is InChI=1S/C11H20N2O3/c1-7(9(14)15)6-12-10(16)13-11(2,3)8-4-5-8/h7-8H,4-6H2,1-3H3,(H,14,15)(H2,12,13,16). The van der Waals surface area contributed by atoms with E-state index in [2.05, 4.69) is 10.6 Å². The average Bonchev–Trinajstić information content (AvgIpc) is 2.96. The minimum absolute atomic E-state index is 0.155. The Morgan fingerprint density at radius 2 is 2.00 bits per heavy atom. The number of carboxylic acids is 1. The van der Waals surface area contributed by atoms with Crippen molar-refractivity contribution in [1.29, 1.82) is 0 Å². The Labute approximate surface area is 95.6 Å². The van der Waals surface area contributed by atoms with Gasteiger partial charge in [0.15, 0.2) is 0 Å². The van der Waals surface area contributed by atoms with Gasteiger partial charge in [0.1, 0.15) is 0 Å². The Balaban J connectivity index is 2.27. The van der Waals surface area contributed by atoms with Crippen LogP contribution in [0.5, 0.6) is 0 Å². The summed E-state index contributed by atoms with van der Waals surface area (Å²) in [7, 11) is 0. The molecule has 5 heteroatoms. The maximum absolute atomic E-state index is 11.5. The predicted molar refractivity (Wildman–Crippen MR) is 60.1 cm³/mol. The zero-order valence-corrected chi connectivity index (χ0v) is 10.0. The van der Waals surface area contributed by atoms with E-state index in [0.29, 0.717) is 5.92 Å². The third kappa shape index (κ3) is 3.72. The number of rotatable bonds is 5. The lowest BCUT2D eigenvalue weighted by Crippen LogP contribution is -2.50. The van der Waals surface area contributed by atoms with Crippen molar-refractivity contribution in [3.63, 3.8) is 0 Å². The maximum Gasteiger partial charge on any atom is 0.315 e. The van der Waals surface area contributed by atoms with Crippen LogP contribution in [0, 0.1) is 11.8 Å². The van der Waals surface area contributed by atoms with Gasteiger partial charge in [0, 0.05) is 12.1 Å². The zero-order valence-electron chi connectivity index (χ0n) is 10.0. The molecule has 5 nitrogen and oxygen atoms in total. The van der Waals surface area contributed by atoms with E-state index < -0.39 is 11.9 Å². The predicted octanol–water partition coefficient (Wildman–Crippen LogP) is 1.19. The molecule has 3 N–H and O–H groups in total. The highest BCUT2D eigenvalue weighted by atomic mass is 16.4. The van der Waals surface area contributed by atoms with Gasteiger partial charge in [-0.2, -0.15) is 0 Å².